The van der Waals surface area contributed by atoms with Crippen molar-refractivity contribution in [1.29, 1.82) is 0 Å². The van der Waals surface area contributed by atoms with Gasteiger partial charge in [0.25, 0.3) is 5.79 Å². The first-order valence-electron chi connectivity index (χ1n) is 7.87. The van der Waals surface area contributed by atoms with Crippen molar-refractivity contribution in [1.82, 2.24) is 4.90 Å². The van der Waals surface area contributed by atoms with Crippen molar-refractivity contribution in [3.05, 3.63) is 35.8 Å². The Kier molecular flexibility index (Phi) is 5.47. The Morgan fingerprint density at radius 3 is 2.22 bits per heavy atom. The number of ether oxygens (including phenoxy) is 2. The third kappa shape index (κ3) is 5.16. The van der Waals surface area contributed by atoms with Crippen LogP contribution in [0.2, 0.25) is 0 Å². The maximum Gasteiger partial charge on any atom is 0.348 e. The fourth-order valence-electron chi connectivity index (χ4n) is 2.48. The molecule has 0 aliphatic carbocycles. The Hall–Kier alpha value is -2.24. The van der Waals surface area contributed by atoms with Crippen molar-refractivity contribution in [3.8, 4) is 0 Å². The Morgan fingerprint density at radius 2 is 1.65 bits per heavy atom. The quantitative estimate of drug-likeness (QED) is 0.283. The molecule has 2 saturated heterocycles. The number of esters is 2. The van der Waals surface area contributed by atoms with Crippen LogP contribution in [0.25, 0.3) is 0 Å². The Morgan fingerprint density at radius 1 is 1.09 bits per heavy atom. The highest BCUT2D eigenvalue weighted by atomic mass is 16.7. The van der Waals surface area contributed by atoms with Crippen LogP contribution in [0.3, 0.4) is 0 Å². The van der Waals surface area contributed by atoms with E-state index in [-0.39, 0.29) is 11.3 Å². The fourth-order valence-corrected chi connectivity index (χ4v) is 2.48. The molecule has 2 heterocycles. The van der Waals surface area contributed by atoms with E-state index in [0.717, 1.165) is 32.0 Å². The minimum Gasteiger partial charge on any atom is -0.508 e. The highest BCUT2D eigenvalue weighted by Gasteiger charge is 2.38. The fraction of sp³-hybridized carbons (Fsp3) is 0.529. The van der Waals surface area contributed by atoms with Crippen molar-refractivity contribution in [2.75, 3.05) is 13.1 Å². The standard InChI is InChI=1S/C17H23NO5/c1-17(2)22-15(20)14(16(21)23-17)12-13(19)8-7-11-18-9-5-3-4-6-10-18/h7-8,11-12,19H,3-6,9-10H2,1-2H3. The van der Waals surface area contributed by atoms with Crippen molar-refractivity contribution in [2.45, 2.75) is 45.3 Å². The molecule has 2 fully saturated rings. The summed E-state index contributed by atoms with van der Waals surface area (Å²) in [6.07, 6.45) is 10.9. The molecule has 23 heavy (non-hydrogen) atoms. The number of aliphatic hydroxyl groups is 1. The summed E-state index contributed by atoms with van der Waals surface area (Å²) in [6, 6.07) is 0. The first-order chi connectivity index (χ1) is 10.9. The summed E-state index contributed by atoms with van der Waals surface area (Å²) in [5, 5.41) is 9.85. The normalized spacial score (nSPS) is 22.6. The van der Waals surface area contributed by atoms with Gasteiger partial charge in [0.1, 0.15) is 11.3 Å². The van der Waals surface area contributed by atoms with Crippen LogP contribution in [-0.2, 0) is 19.1 Å². The molecule has 1 N–H and O–H groups in total. The SMILES string of the molecule is CC1(C)OC(=O)C(=CC(O)=CC=CN2CCCCCC2)C(=O)O1. The monoisotopic (exact) mass is 321 g/mol. The second-order valence-electron chi connectivity index (χ2n) is 6.12. The van der Waals surface area contributed by atoms with Crippen LogP contribution < -0.4 is 0 Å². The lowest BCUT2D eigenvalue weighted by molar-refractivity contribution is -0.222. The summed E-state index contributed by atoms with van der Waals surface area (Å²) >= 11 is 0. The smallest absolute Gasteiger partial charge is 0.348 e. The van der Waals surface area contributed by atoms with E-state index >= 15 is 0 Å². The van der Waals surface area contributed by atoms with Crippen LogP contribution in [0.5, 0.6) is 0 Å². The number of nitrogens with zero attached hydrogens (tertiary/aromatic N) is 1. The predicted molar refractivity (Wildman–Crippen MR) is 84.2 cm³/mol. The Bertz CT molecular complexity index is 529. The summed E-state index contributed by atoms with van der Waals surface area (Å²) in [5.41, 5.74) is -0.318. The minimum absolute atomic E-state index is 0.209. The van der Waals surface area contributed by atoms with Gasteiger partial charge in [0.15, 0.2) is 0 Å². The van der Waals surface area contributed by atoms with Gasteiger partial charge in [-0.1, -0.05) is 12.8 Å². The molecule has 0 amide bonds. The summed E-state index contributed by atoms with van der Waals surface area (Å²) in [7, 11) is 0. The van der Waals surface area contributed by atoms with Gasteiger partial charge in [0.2, 0.25) is 0 Å². The average molecular weight is 321 g/mol. The van der Waals surface area contributed by atoms with Gasteiger partial charge in [-0.3, -0.25) is 0 Å². The van der Waals surface area contributed by atoms with E-state index in [4.69, 9.17) is 9.47 Å². The molecule has 2 aliphatic heterocycles. The molecular weight excluding hydrogens is 298 g/mol. The topological polar surface area (TPSA) is 76.1 Å². The van der Waals surface area contributed by atoms with E-state index in [9.17, 15) is 14.7 Å². The molecule has 0 aromatic heterocycles. The van der Waals surface area contributed by atoms with Gasteiger partial charge in [-0.25, -0.2) is 9.59 Å². The van der Waals surface area contributed by atoms with Gasteiger partial charge in [-0.05, 0) is 31.2 Å². The van der Waals surface area contributed by atoms with Crippen molar-refractivity contribution in [2.24, 2.45) is 0 Å². The van der Waals surface area contributed by atoms with E-state index in [1.54, 1.807) is 6.08 Å². The summed E-state index contributed by atoms with van der Waals surface area (Å²) < 4.78 is 9.91. The van der Waals surface area contributed by atoms with E-state index in [1.165, 1.54) is 32.8 Å². The number of allylic oxidation sites excluding steroid dienone is 3. The zero-order chi connectivity index (χ0) is 16.9. The molecule has 0 aromatic rings. The van der Waals surface area contributed by atoms with E-state index in [0.29, 0.717) is 0 Å². The molecule has 0 atom stereocenters. The molecule has 6 heteroatoms. The van der Waals surface area contributed by atoms with Crippen molar-refractivity contribution < 1.29 is 24.2 Å². The molecule has 2 rings (SSSR count). The van der Waals surface area contributed by atoms with Crippen LogP contribution in [0, 0.1) is 0 Å². The summed E-state index contributed by atoms with van der Waals surface area (Å²) in [5.74, 6) is -3.09. The summed E-state index contributed by atoms with van der Waals surface area (Å²) in [6.45, 7) is 4.94. The van der Waals surface area contributed by atoms with Gasteiger partial charge in [-0.2, -0.15) is 0 Å². The van der Waals surface area contributed by atoms with Crippen LogP contribution in [0.4, 0.5) is 0 Å². The van der Waals surface area contributed by atoms with Gasteiger partial charge in [0.05, 0.1) is 0 Å². The highest BCUT2D eigenvalue weighted by molar-refractivity contribution is 6.15. The van der Waals surface area contributed by atoms with Gasteiger partial charge in [-0.15, -0.1) is 0 Å². The lowest BCUT2D eigenvalue weighted by Gasteiger charge is -2.29. The maximum absolute atomic E-state index is 11.8. The van der Waals surface area contributed by atoms with E-state index in [1.807, 2.05) is 6.20 Å². The maximum atomic E-state index is 11.8. The number of cyclic esters (lactones) is 2. The summed E-state index contributed by atoms with van der Waals surface area (Å²) in [4.78, 5) is 25.7. The number of rotatable bonds is 3. The number of hydrogen-bond donors (Lipinski definition) is 1. The number of likely N-dealkylation sites (tertiary alicyclic amines) is 1. The second kappa shape index (κ2) is 7.35. The largest absolute Gasteiger partial charge is 0.508 e. The molecule has 0 radical (unpaired) electrons. The molecule has 0 saturated carbocycles. The minimum atomic E-state index is -1.28. The Labute approximate surface area is 136 Å². The molecule has 126 valence electrons. The lowest BCUT2D eigenvalue weighted by Crippen LogP contribution is -2.41. The zero-order valence-electron chi connectivity index (χ0n) is 13.6. The predicted octanol–water partition coefficient (Wildman–Crippen LogP) is 2.58. The van der Waals surface area contributed by atoms with Gasteiger partial charge in [0, 0.05) is 33.0 Å². The molecule has 2 aliphatic rings. The van der Waals surface area contributed by atoms with Gasteiger partial charge >= 0.3 is 11.9 Å². The van der Waals surface area contributed by atoms with Crippen molar-refractivity contribution in [3.63, 3.8) is 0 Å². The van der Waals surface area contributed by atoms with Crippen LogP contribution in [0.1, 0.15) is 39.5 Å². The lowest BCUT2D eigenvalue weighted by atomic mass is 10.2. The first-order valence-corrected chi connectivity index (χ1v) is 7.87. The molecular formula is C17H23NO5. The van der Waals surface area contributed by atoms with Gasteiger partial charge < -0.3 is 19.5 Å². The van der Waals surface area contributed by atoms with Crippen molar-refractivity contribution >= 4 is 11.9 Å². The number of aliphatic hydroxyl groups excluding tert-OH is 1. The molecule has 0 bridgehead atoms. The Balaban J connectivity index is 2.00. The number of carbonyl (C=O) groups is 2. The number of hydrogen-bond acceptors (Lipinski definition) is 6. The molecule has 0 aromatic carbocycles. The first kappa shape index (κ1) is 17.1. The third-order valence-electron chi connectivity index (χ3n) is 3.61. The molecule has 6 nitrogen and oxygen atoms in total. The number of carbonyl (C=O) groups excluding carboxylic acids is 2. The van der Waals surface area contributed by atoms with E-state index < -0.39 is 17.7 Å². The molecule has 0 spiro atoms. The third-order valence-corrected chi connectivity index (χ3v) is 3.61. The zero-order valence-corrected chi connectivity index (χ0v) is 13.6. The van der Waals surface area contributed by atoms with Crippen LogP contribution in [0.15, 0.2) is 35.8 Å². The molecule has 0 unspecified atom stereocenters. The second-order valence-corrected chi connectivity index (χ2v) is 6.12. The average Bonchev–Trinajstić information content (AvgIpc) is 2.71. The highest BCUT2D eigenvalue weighted by Crippen LogP contribution is 2.23. The van der Waals surface area contributed by atoms with E-state index in [2.05, 4.69) is 4.90 Å². The van der Waals surface area contributed by atoms with Crippen LogP contribution >= 0.6 is 0 Å². The van der Waals surface area contributed by atoms with Crippen LogP contribution in [-0.4, -0.2) is 40.8 Å².